The standard InChI is InChI=1S/C33H40O/c1-2-3-7-25-10-11-32-23-31(17-16-30(32)22-25)29-14-12-27(13-15-29)28-18-20-33(21-19-28)34-24-26-8-5-4-6-9-26/h4-6,8-9,12-15,18-21,25,30-32H,2-3,7,10-11,16-17,22-24H2,1H3/t25?,30-,31-,32-/m1/s1. The topological polar surface area (TPSA) is 9.23 Å². The van der Waals surface area contributed by atoms with Gasteiger partial charge in [0.2, 0.25) is 0 Å². The molecule has 2 aliphatic rings. The van der Waals surface area contributed by atoms with Crippen molar-refractivity contribution in [1.82, 2.24) is 0 Å². The molecule has 34 heavy (non-hydrogen) atoms. The van der Waals surface area contributed by atoms with Crippen molar-refractivity contribution in [2.75, 3.05) is 0 Å². The third-order valence-electron chi connectivity index (χ3n) is 8.51. The fourth-order valence-electron chi connectivity index (χ4n) is 6.48. The summed E-state index contributed by atoms with van der Waals surface area (Å²) >= 11 is 0. The van der Waals surface area contributed by atoms with Crippen LogP contribution in [0.25, 0.3) is 11.1 Å². The lowest BCUT2D eigenvalue weighted by molar-refractivity contribution is 0.113. The molecule has 0 aromatic heterocycles. The zero-order chi connectivity index (χ0) is 23.2. The van der Waals surface area contributed by atoms with Crippen LogP contribution in [-0.2, 0) is 6.61 Å². The predicted octanol–water partition coefficient (Wildman–Crippen LogP) is 9.42. The fourth-order valence-corrected chi connectivity index (χ4v) is 6.48. The summed E-state index contributed by atoms with van der Waals surface area (Å²) in [6.45, 7) is 2.94. The van der Waals surface area contributed by atoms with Crippen LogP contribution in [0.4, 0.5) is 0 Å². The lowest BCUT2D eigenvalue weighted by Crippen LogP contribution is -2.30. The van der Waals surface area contributed by atoms with Crippen molar-refractivity contribution in [3.63, 3.8) is 0 Å². The van der Waals surface area contributed by atoms with Crippen LogP contribution < -0.4 is 4.74 Å². The highest BCUT2D eigenvalue weighted by atomic mass is 16.5. The van der Waals surface area contributed by atoms with Crippen molar-refractivity contribution < 1.29 is 4.74 Å². The molecule has 1 unspecified atom stereocenters. The summed E-state index contributed by atoms with van der Waals surface area (Å²) in [7, 11) is 0. The molecule has 0 aliphatic heterocycles. The second-order valence-electron chi connectivity index (χ2n) is 10.8. The number of hydrogen-bond donors (Lipinski definition) is 0. The summed E-state index contributed by atoms with van der Waals surface area (Å²) in [6, 6.07) is 28.3. The van der Waals surface area contributed by atoms with Crippen LogP contribution in [0.2, 0.25) is 0 Å². The molecule has 4 atom stereocenters. The van der Waals surface area contributed by atoms with Crippen LogP contribution >= 0.6 is 0 Å². The first-order chi connectivity index (χ1) is 16.8. The van der Waals surface area contributed by atoms with Gasteiger partial charge >= 0.3 is 0 Å². The number of ether oxygens (including phenoxy) is 1. The molecule has 0 heterocycles. The van der Waals surface area contributed by atoms with E-state index in [0.29, 0.717) is 6.61 Å². The molecule has 0 N–H and O–H groups in total. The molecule has 0 spiro atoms. The van der Waals surface area contributed by atoms with Gasteiger partial charge in [0.25, 0.3) is 0 Å². The van der Waals surface area contributed by atoms with E-state index in [2.05, 4.69) is 79.7 Å². The van der Waals surface area contributed by atoms with E-state index >= 15 is 0 Å². The zero-order valence-electron chi connectivity index (χ0n) is 20.8. The van der Waals surface area contributed by atoms with Crippen LogP contribution in [0.3, 0.4) is 0 Å². The van der Waals surface area contributed by atoms with Crippen molar-refractivity contribution in [1.29, 1.82) is 0 Å². The molecule has 2 fully saturated rings. The minimum atomic E-state index is 0.609. The first-order valence-electron chi connectivity index (χ1n) is 13.7. The maximum atomic E-state index is 5.95. The Labute approximate surface area is 206 Å². The molecule has 0 radical (unpaired) electrons. The van der Waals surface area contributed by atoms with E-state index in [1.54, 1.807) is 5.56 Å². The van der Waals surface area contributed by atoms with Crippen LogP contribution in [-0.4, -0.2) is 0 Å². The lowest BCUT2D eigenvalue weighted by Gasteiger charge is -2.42. The summed E-state index contributed by atoms with van der Waals surface area (Å²) < 4.78 is 5.95. The average molecular weight is 453 g/mol. The first-order valence-corrected chi connectivity index (χ1v) is 13.7. The van der Waals surface area contributed by atoms with E-state index in [4.69, 9.17) is 4.74 Å². The van der Waals surface area contributed by atoms with Gasteiger partial charge in [-0.05, 0) is 90.2 Å². The smallest absolute Gasteiger partial charge is 0.119 e. The molecule has 0 bridgehead atoms. The largest absolute Gasteiger partial charge is 0.489 e. The number of fused-ring (bicyclic) bond motifs is 1. The molecule has 5 rings (SSSR count). The minimum absolute atomic E-state index is 0.609. The van der Waals surface area contributed by atoms with Crippen LogP contribution in [0.15, 0.2) is 78.9 Å². The SMILES string of the molecule is CCCCC1CC[C@@H]2C[C@H](c3ccc(-c4ccc(OCc5ccccc5)cc4)cc3)CC[C@@H]2C1. The Hall–Kier alpha value is -2.54. The predicted molar refractivity (Wildman–Crippen MR) is 143 cm³/mol. The highest BCUT2D eigenvalue weighted by Crippen LogP contribution is 2.48. The van der Waals surface area contributed by atoms with Gasteiger partial charge in [-0.1, -0.05) is 99.3 Å². The Morgan fingerprint density at radius 1 is 0.706 bits per heavy atom. The molecule has 2 aliphatic carbocycles. The third-order valence-corrected chi connectivity index (χ3v) is 8.51. The van der Waals surface area contributed by atoms with E-state index in [1.807, 2.05) is 6.07 Å². The van der Waals surface area contributed by atoms with Gasteiger partial charge in [0.05, 0.1) is 0 Å². The molecular weight excluding hydrogens is 412 g/mol. The van der Waals surface area contributed by atoms with E-state index < -0.39 is 0 Å². The van der Waals surface area contributed by atoms with E-state index in [0.717, 1.165) is 29.4 Å². The Balaban J connectivity index is 1.15. The minimum Gasteiger partial charge on any atom is -0.489 e. The average Bonchev–Trinajstić information content (AvgIpc) is 2.91. The summed E-state index contributed by atoms with van der Waals surface area (Å²) in [5.41, 5.74) is 5.30. The number of rotatable bonds is 8. The quantitative estimate of drug-likeness (QED) is 0.331. The maximum absolute atomic E-state index is 5.95. The van der Waals surface area contributed by atoms with Gasteiger partial charge in [-0.2, -0.15) is 0 Å². The summed E-state index contributed by atoms with van der Waals surface area (Å²) in [5.74, 6) is 4.68. The summed E-state index contributed by atoms with van der Waals surface area (Å²) in [5, 5.41) is 0. The Kier molecular flexibility index (Phi) is 7.69. The van der Waals surface area contributed by atoms with Gasteiger partial charge in [-0.3, -0.25) is 0 Å². The van der Waals surface area contributed by atoms with Gasteiger partial charge < -0.3 is 4.74 Å². The first kappa shape index (κ1) is 23.2. The summed E-state index contributed by atoms with van der Waals surface area (Å²) in [4.78, 5) is 0. The highest BCUT2D eigenvalue weighted by Gasteiger charge is 2.35. The Bertz CT molecular complexity index is 1000. The molecule has 0 amide bonds. The fraction of sp³-hybridized carbons (Fsp3) is 0.455. The maximum Gasteiger partial charge on any atom is 0.119 e. The van der Waals surface area contributed by atoms with Crippen LogP contribution in [0.5, 0.6) is 5.75 Å². The number of benzene rings is 3. The van der Waals surface area contributed by atoms with E-state index in [9.17, 15) is 0 Å². The van der Waals surface area contributed by atoms with E-state index in [1.165, 1.54) is 74.5 Å². The molecule has 1 nitrogen and oxygen atoms in total. The van der Waals surface area contributed by atoms with Crippen molar-refractivity contribution in [3.05, 3.63) is 90.0 Å². The van der Waals surface area contributed by atoms with Crippen molar-refractivity contribution in [2.24, 2.45) is 17.8 Å². The molecule has 2 saturated carbocycles. The molecule has 178 valence electrons. The van der Waals surface area contributed by atoms with Gasteiger partial charge in [-0.15, -0.1) is 0 Å². The van der Waals surface area contributed by atoms with Gasteiger partial charge in [-0.25, -0.2) is 0 Å². The second kappa shape index (κ2) is 11.3. The van der Waals surface area contributed by atoms with Gasteiger partial charge in [0.1, 0.15) is 12.4 Å². The summed E-state index contributed by atoms with van der Waals surface area (Å²) in [6.07, 6.45) is 13.0. The van der Waals surface area contributed by atoms with Crippen molar-refractivity contribution in [3.8, 4) is 16.9 Å². The third kappa shape index (κ3) is 5.74. The number of hydrogen-bond acceptors (Lipinski definition) is 1. The number of unbranched alkanes of at least 4 members (excludes halogenated alkanes) is 1. The highest BCUT2D eigenvalue weighted by molar-refractivity contribution is 5.64. The van der Waals surface area contributed by atoms with E-state index in [-0.39, 0.29) is 0 Å². The molecule has 3 aromatic carbocycles. The van der Waals surface area contributed by atoms with Crippen molar-refractivity contribution >= 4 is 0 Å². The zero-order valence-corrected chi connectivity index (χ0v) is 20.8. The van der Waals surface area contributed by atoms with Crippen LogP contribution in [0, 0.1) is 17.8 Å². The molecule has 0 saturated heterocycles. The molecule has 1 heteroatoms. The second-order valence-corrected chi connectivity index (χ2v) is 10.8. The van der Waals surface area contributed by atoms with Crippen molar-refractivity contribution in [2.45, 2.75) is 77.2 Å². The van der Waals surface area contributed by atoms with Crippen LogP contribution in [0.1, 0.15) is 81.8 Å². The molecule has 3 aromatic rings. The Morgan fingerprint density at radius 3 is 2.12 bits per heavy atom. The van der Waals surface area contributed by atoms with Gasteiger partial charge in [0, 0.05) is 0 Å². The normalized spacial score (nSPS) is 24.4. The monoisotopic (exact) mass is 452 g/mol. The van der Waals surface area contributed by atoms with Gasteiger partial charge in [0.15, 0.2) is 0 Å². The molecular formula is C33H40O. The Morgan fingerprint density at radius 2 is 1.38 bits per heavy atom. The lowest BCUT2D eigenvalue weighted by atomic mass is 9.63.